The molecule has 0 bridgehead atoms. The van der Waals surface area contributed by atoms with Crippen LogP contribution in [0.3, 0.4) is 0 Å². The van der Waals surface area contributed by atoms with Crippen molar-refractivity contribution in [3.05, 3.63) is 23.7 Å². The van der Waals surface area contributed by atoms with Crippen molar-refractivity contribution in [2.45, 2.75) is 45.6 Å². The van der Waals surface area contributed by atoms with Crippen molar-refractivity contribution in [1.29, 1.82) is 0 Å². The lowest BCUT2D eigenvalue weighted by Crippen LogP contribution is -2.35. The average molecular weight is 222 g/mol. The van der Waals surface area contributed by atoms with E-state index in [1.165, 1.54) is 25.7 Å². The number of hydrogen-bond donors (Lipinski definition) is 2. The topological polar surface area (TPSA) is 51.2 Å². The Balaban J connectivity index is 2.09. The van der Waals surface area contributed by atoms with E-state index in [-0.39, 0.29) is 6.04 Å². The summed E-state index contributed by atoms with van der Waals surface area (Å²) < 4.78 is 5.68. The first-order chi connectivity index (χ1) is 7.70. The summed E-state index contributed by atoms with van der Waals surface area (Å²) in [6.07, 6.45) is 5.16. The van der Waals surface area contributed by atoms with Crippen LogP contribution >= 0.6 is 0 Å². The first-order valence-corrected chi connectivity index (χ1v) is 6.23. The molecular formula is C13H22N2O. The quantitative estimate of drug-likeness (QED) is 0.610. The van der Waals surface area contributed by atoms with E-state index in [9.17, 15) is 0 Å². The van der Waals surface area contributed by atoms with Gasteiger partial charge in [-0.1, -0.05) is 19.8 Å². The maximum absolute atomic E-state index is 5.68. The Labute approximate surface area is 97.4 Å². The van der Waals surface area contributed by atoms with Gasteiger partial charge in [-0.25, -0.2) is 5.43 Å². The van der Waals surface area contributed by atoms with Crippen LogP contribution in [0.1, 0.15) is 50.2 Å². The van der Waals surface area contributed by atoms with Gasteiger partial charge in [-0.2, -0.15) is 0 Å². The van der Waals surface area contributed by atoms with E-state index < -0.39 is 0 Å². The van der Waals surface area contributed by atoms with Crippen LogP contribution < -0.4 is 11.3 Å². The summed E-state index contributed by atoms with van der Waals surface area (Å²) in [6, 6.07) is 4.22. The molecule has 16 heavy (non-hydrogen) atoms. The summed E-state index contributed by atoms with van der Waals surface area (Å²) in [4.78, 5) is 0. The highest BCUT2D eigenvalue weighted by Gasteiger charge is 2.28. The number of hydrazine groups is 1. The largest absolute Gasteiger partial charge is 0.465 e. The van der Waals surface area contributed by atoms with Crippen LogP contribution in [0.4, 0.5) is 0 Å². The Bertz CT molecular complexity index is 334. The molecule has 3 atom stereocenters. The minimum Gasteiger partial charge on any atom is -0.465 e. The number of nitrogens with one attached hydrogen (secondary N) is 1. The lowest BCUT2D eigenvalue weighted by Gasteiger charge is -2.31. The fraction of sp³-hybridized carbons (Fsp3) is 0.692. The van der Waals surface area contributed by atoms with Crippen LogP contribution in [0.15, 0.2) is 16.5 Å². The predicted molar refractivity (Wildman–Crippen MR) is 64.6 cm³/mol. The van der Waals surface area contributed by atoms with Gasteiger partial charge in [0.25, 0.3) is 0 Å². The van der Waals surface area contributed by atoms with Gasteiger partial charge in [-0.05, 0) is 43.7 Å². The van der Waals surface area contributed by atoms with E-state index in [0.29, 0.717) is 5.92 Å². The molecule has 3 N–H and O–H groups in total. The van der Waals surface area contributed by atoms with Crippen LogP contribution in [0, 0.1) is 18.8 Å². The molecule has 3 heteroatoms. The van der Waals surface area contributed by atoms with Gasteiger partial charge in [0, 0.05) is 0 Å². The van der Waals surface area contributed by atoms with Crippen molar-refractivity contribution in [3.8, 4) is 0 Å². The Morgan fingerprint density at radius 2 is 2.25 bits per heavy atom. The molecule has 90 valence electrons. The molecule has 2 rings (SSSR count). The summed E-state index contributed by atoms with van der Waals surface area (Å²) in [5.41, 5.74) is 2.93. The third-order valence-corrected chi connectivity index (χ3v) is 3.70. The van der Waals surface area contributed by atoms with Crippen molar-refractivity contribution in [2.75, 3.05) is 0 Å². The highest BCUT2D eigenvalue weighted by Crippen LogP contribution is 2.37. The summed E-state index contributed by atoms with van der Waals surface area (Å²) in [5.74, 6) is 9.04. The summed E-state index contributed by atoms with van der Waals surface area (Å²) in [6.45, 7) is 4.30. The first-order valence-electron chi connectivity index (χ1n) is 6.23. The zero-order chi connectivity index (χ0) is 11.5. The zero-order valence-corrected chi connectivity index (χ0v) is 10.2. The molecule has 0 aromatic carbocycles. The standard InChI is InChI=1S/C13H22N2O/c1-9-4-3-5-11(8-9)13(15-14)12-7-6-10(2)16-12/h6-7,9,11,13,15H,3-5,8,14H2,1-2H3. The lowest BCUT2D eigenvalue weighted by molar-refractivity contribution is 0.205. The molecule has 1 heterocycles. The fourth-order valence-corrected chi connectivity index (χ4v) is 2.85. The van der Waals surface area contributed by atoms with Gasteiger partial charge in [0.2, 0.25) is 0 Å². The second-order valence-electron chi connectivity index (χ2n) is 5.12. The number of nitrogens with two attached hydrogens (primary N) is 1. The van der Waals surface area contributed by atoms with Crippen LogP contribution in [-0.4, -0.2) is 0 Å². The van der Waals surface area contributed by atoms with Crippen molar-refractivity contribution in [1.82, 2.24) is 5.43 Å². The molecule has 0 radical (unpaired) electrons. The Morgan fingerprint density at radius 1 is 1.44 bits per heavy atom. The molecule has 0 spiro atoms. The van der Waals surface area contributed by atoms with E-state index in [2.05, 4.69) is 12.3 Å². The molecule has 0 aliphatic heterocycles. The SMILES string of the molecule is Cc1ccc(C(NN)C2CCCC(C)C2)o1. The molecule has 1 saturated carbocycles. The first kappa shape index (κ1) is 11.7. The maximum atomic E-state index is 5.68. The van der Waals surface area contributed by atoms with Crippen LogP contribution in [0.2, 0.25) is 0 Å². The molecule has 1 aromatic heterocycles. The summed E-state index contributed by atoms with van der Waals surface area (Å²) >= 11 is 0. The van der Waals surface area contributed by atoms with Crippen LogP contribution in [0.25, 0.3) is 0 Å². The Kier molecular flexibility index (Phi) is 3.66. The van der Waals surface area contributed by atoms with Crippen LogP contribution in [-0.2, 0) is 0 Å². The van der Waals surface area contributed by atoms with Crippen molar-refractivity contribution >= 4 is 0 Å². The van der Waals surface area contributed by atoms with E-state index >= 15 is 0 Å². The highest BCUT2D eigenvalue weighted by atomic mass is 16.3. The molecule has 0 saturated heterocycles. The predicted octanol–water partition coefficient (Wildman–Crippen LogP) is 2.92. The smallest absolute Gasteiger partial charge is 0.122 e. The Hall–Kier alpha value is -0.800. The number of rotatable bonds is 3. The molecule has 1 fully saturated rings. The van der Waals surface area contributed by atoms with Crippen LogP contribution in [0.5, 0.6) is 0 Å². The van der Waals surface area contributed by atoms with E-state index in [4.69, 9.17) is 10.3 Å². The van der Waals surface area contributed by atoms with Gasteiger partial charge in [0.05, 0.1) is 6.04 Å². The lowest BCUT2D eigenvalue weighted by atomic mass is 9.78. The van der Waals surface area contributed by atoms with Gasteiger partial charge in [0.1, 0.15) is 11.5 Å². The molecule has 1 aliphatic carbocycles. The van der Waals surface area contributed by atoms with Gasteiger partial charge < -0.3 is 4.42 Å². The second kappa shape index (κ2) is 5.02. The van der Waals surface area contributed by atoms with E-state index in [0.717, 1.165) is 17.4 Å². The van der Waals surface area contributed by atoms with Crippen molar-refractivity contribution in [2.24, 2.45) is 17.7 Å². The van der Waals surface area contributed by atoms with Gasteiger partial charge in [0.15, 0.2) is 0 Å². The maximum Gasteiger partial charge on any atom is 0.122 e. The van der Waals surface area contributed by atoms with Crippen molar-refractivity contribution < 1.29 is 4.42 Å². The van der Waals surface area contributed by atoms with Gasteiger partial charge in [-0.15, -0.1) is 0 Å². The molecule has 0 amide bonds. The average Bonchev–Trinajstić information content (AvgIpc) is 2.66. The number of hydrogen-bond acceptors (Lipinski definition) is 3. The van der Waals surface area contributed by atoms with Gasteiger partial charge >= 0.3 is 0 Å². The van der Waals surface area contributed by atoms with E-state index in [1.807, 2.05) is 19.1 Å². The van der Waals surface area contributed by atoms with E-state index in [1.54, 1.807) is 0 Å². The fourth-order valence-electron chi connectivity index (χ4n) is 2.85. The summed E-state index contributed by atoms with van der Waals surface area (Å²) in [7, 11) is 0. The molecule has 1 aromatic rings. The minimum atomic E-state index is 0.177. The van der Waals surface area contributed by atoms with Gasteiger partial charge in [-0.3, -0.25) is 5.84 Å². The normalized spacial score (nSPS) is 27.9. The number of furan rings is 1. The Morgan fingerprint density at radius 3 is 2.81 bits per heavy atom. The third kappa shape index (κ3) is 2.47. The number of aryl methyl sites for hydroxylation is 1. The third-order valence-electron chi connectivity index (χ3n) is 3.70. The minimum absolute atomic E-state index is 0.177. The van der Waals surface area contributed by atoms with Crippen molar-refractivity contribution in [3.63, 3.8) is 0 Å². The highest BCUT2D eigenvalue weighted by molar-refractivity contribution is 5.10. The molecule has 3 nitrogen and oxygen atoms in total. The molecule has 1 aliphatic rings. The zero-order valence-electron chi connectivity index (χ0n) is 10.2. The molecule has 3 unspecified atom stereocenters. The summed E-state index contributed by atoms with van der Waals surface area (Å²) in [5, 5.41) is 0. The molecular weight excluding hydrogens is 200 g/mol. The second-order valence-corrected chi connectivity index (χ2v) is 5.12. The monoisotopic (exact) mass is 222 g/mol.